The molecule has 0 aliphatic heterocycles. The van der Waals surface area contributed by atoms with Crippen LogP contribution in [0.5, 0.6) is 0 Å². The summed E-state index contributed by atoms with van der Waals surface area (Å²) < 4.78 is 13.6. The van der Waals surface area contributed by atoms with Gasteiger partial charge in [-0.2, -0.15) is 0 Å². The van der Waals surface area contributed by atoms with Gasteiger partial charge in [0.05, 0.1) is 5.41 Å². The average molecular weight is 481 g/mol. The topological polar surface area (TPSA) is 97.1 Å². The highest BCUT2D eigenvalue weighted by atomic mass is 35.5. The van der Waals surface area contributed by atoms with Crippen molar-refractivity contribution in [1.82, 2.24) is 10.3 Å². The Labute approximate surface area is 202 Å². The zero-order valence-corrected chi connectivity index (χ0v) is 19.3. The third kappa shape index (κ3) is 5.11. The summed E-state index contributed by atoms with van der Waals surface area (Å²) in [5.74, 6) is -0.816. The fourth-order valence-corrected chi connectivity index (χ4v) is 4.83. The number of nitrogens with one attached hydrogen (secondary N) is 2. The highest BCUT2D eigenvalue weighted by molar-refractivity contribution is 6.31. The van der Waals surface area contributed by atoms with E-state index in [0.29, 0.717) is 29.7 Å². The van der Waals surface area contributed by atoms with E-state index in [1.807, 2.05) is 0 Å². The Kier molecular flexibility index (Phi) is 7.24. The van der Waals surface area contributed by atoms with Crippen molar-refractivity contribution in [2.45, 2.75) is 37.1 Å². The molecule has 176 valence electrons. The molecule has 8 heteroatoms. The highest BCUT2D eigenvalue weighted by Crippen LogP contribution is 2.44. The number of nitrogens with zero attached hydrogens (tertiary/aromatic N) is 1. The highest BCUT2D eigenvalue weighted by Gasteiger charge is 2.44. The normalized spacial score (nSPS) is 15.5. The van der Waals surface area contributed by atoms with Gasteiger partial charge in [0, 0.05) is 41.3 Å². The van der Waals surface area contributed by atoms with Crippen LogP contribution in [0.2, 0.25) is 5.02 Å². The monoisotopic (exact) mass is 480 g/mol. The molecule has 1 fully saturated rings. The van der Waals surface area contributed by atoms with Crippen molar-refractivity contribution in [3.05, 3.63) is 94.5 Å². The Morgan fingerprint density at radius 1 is 1.06 bits per heavy atom. The molecule has 1 aliphatic carbocycles. The number of aromatic nitrogens is 1. The van der Waals surface area contributed by atoms with Crippen LogP contribution in [0, 0.1) is 5.82 Å². The zero-order chi connectivity index (χ0) is 24.1. The van der Waals surface area contributed by atoms with Gasteiger partial charge in [-0.05, 0) is 60.4 Å². The van der Waals surface area contributed by atoms with Gasteiger partial charge in [0.2, 0.25) is 5.91 Å². The molecular formula is C26H26ClFN4O2. The molecule has 0 radical (unpaired) electrons. The summed E-state index contributed by atoms with van der Waals surface area (Å²) in [6.07, 6.45) is 6.31. The van der Waals surface area contributed by atoms with Crippen molar-refractivity contribution < 1.29 is 14.0 Å². The summed E-state index contributed by atoms with van der Waals surface area (Å²) in [5.41, 5.74) is 8.15. The Balaban J connectivity index is 1.40. The van der Waals surface area contributed by atoms with E-state index in [1.165, 1.54) is 12.1 Å². The molecule has 1 saturated carbocycles. The first kappa shape index (κ1) is 23.9. The third-order valence-electron chi connectivity index (χ3n) is 6.36. The SMILES string of the molecule is NC(CNC(=O)C1(c2ccc(F)cc2Cl)CCCC1)c1ccc(C(=O)Nc2ccncc2)cc1. The van der Waals surface area contributed by atoms with E-state index < -0.39 is 17.3 Å². The number of halogens is 2. The molecule has 1 aromatic heterocycles. The van der Waals surface area contributed by atoms with Gasteiger partial charge in [-0.1, -0.05) is 42.6 Å². The lowest BCUT2D eigenvalue weighted by atomic mass is 9.77. The van der Waals surface area contributed by atoms with Crippen LogP contribution in [0.3, 0.4) is 0 Å². The molecule has 2 aromatic carbocycles. The minimum Gasteiger partial charge on any atom is -0.353 e. The molecule has 0 bridgehead atoms. The van der Waals surface area contributed by atoms with Gasteiger partial charge in [-0.3, -0.25) is 14.6 Å². The van der Waals surface area contributed by atoms with Crippen LogP contribution in [0.4, 0.5) is 10.1 Å². The van der Waals surface area contributed by atoms with Gasteiger partial charge < -0.3 is 16.4 Å². The Hall–Kier alpha value is -3.29. The molecule has 1 heterocycles. The maximum Gasteiger partial charge on any atom is 0.255 e. The quantitative estimate of drug-likeness (QED) is 0.454. The summed E-state index contributed by atoms with van der Waals surface area (Å²) in [6.45, 7) is 0.224. The first-order chi connectivity index (χ1) is 16.4. The van der Waals surface area contributed by atoms with Crippen LogP contribution in [-0.2, 0) is 10.2 Å². The number of pyridine rings is 1. The fourth-order valence-electron chi connectivity index (χ4n) is 4.48. The Morgan fingerprint density at radius 3 is 2.38 bits per heavy atom. The van der Waals surface area contributed by atoms with Crippen LogP contribution < -0.4 is 16.4 Å². The van der Waals surface area contributed by atoms with E-state index in [1.54, 1.807) is 54.9 Å². The Morgan fingerprint density at radius 2 is 1.74 bits per heavy atom. The number of rotatable bonds is 7. The van der Waals surface area contributed by atoms with Crippen molar-refractivity contribution in [2.75, 3.05) is 11.9 Å². The average Bonchev–Trinajstić information content (AvgIpc) is 3.34. The molecular weight excluding hydrogens is 455 g/mol. The van der Waals surface area contributed by atoms with Crippen LogP contribution in [0.25, 0.3) is 0 Å². The number of carbonyl (C=O) groups is 2. The first-order valence-corrected chi connectivity index (χ1v) is 11.6. The third-order valence-corrected chi connectivity index (χ3v) is 6.67. The molecule has 3 aromatic rings. The van der Waals surface area contributed by atoms with Gasteiger partial charge in [-0.15, -0.1) is 0 Å². The smallest absolute Gasteiger partial charge is 0.255 e. The fraction of sp³-hybridized carbons (Fsp3) is 0.269. The maximum atomic E-state index is 13.6. The van der Waals surface area contributed by atoms with Gasteiger partial charge >= 0.3 is 0 Å². The number of hydrogen-bond acceptors (Lipinski definition) is 4. The van der Waals surface area contributed by atoms with E-state index >= 15 is 0 Å². The second kappa shape index (κ2) is 10.3. The standard InChI is InChI=1S/C26H26ClFN4O2/c27-22-15-19(28)7-8-21(22)26(11-1-2-12-26)25(34)31-16-23(29)17-3-5-18(6-4-17)24(33)32-20-9-13-30-14-10-20/h3-10,13-15,23H,1-2,11-12,16,29H2,(H,31,34)(H,30,32,33). The second-order valence-electron chi connectivity index (χ2n) is 8.54. The molecule has 0 spiro atoms. The molecule has 4 rings (SSSR count). The molecule has 1 unspecified atom stereocenters. The minimum absolute atomic E-state index is 0.151. The van der Waals surface area contributed by atoms with E-state index in [-0.39, 0.29) is 23.4 Å². The van der Waals surface area contributed by atoms with Crippen molar-refractivity contribution >= 4 is 29.1 Å². The maximum absolute atomic E-state index is 13.6. The van der Waals surface area contributed by atoms with Crippen molar-refractivity contribution in [3.63, 3.8) is 0 Å². The number of benzene rings is 2. The second-order valence-corrected chi connectivity index (χ2v) is 8.95. The lowest BCUT2D eigenvalue weighted by Gasteiger charge is -2.30. The van der Waals surface area contributed by atoms with Crippen molar-refractivity contribution in [3.8, 4) is 0 Å². The van der Waals surface area contributed by atoms with Crippen molar-refractivity contribution in [2.24, 2.45) is 5.73 Å². The van der Waals surface area contributed by atoms with Gasteiger partial charge in [0.15, 0.2) is 0 Å². The van der Waals surface area contributed by atoms with E-state index in [9.17, 15) is 14.0 Å². The molecule has 0 saturated heterocycles. The summed E-state index contributed by atoms with van der Waals surface area (Å²) in [5, 5.41) is 6.04. The number of amides is 2. The lowest BCUT2D eigenvalue weighted by Crippen LogP contribution is -2.45. The summed E-state index contributed by atoms with van der Waals surface area (Å²) >= 11 is 6.31. The number of anilines is 1. The molecule has 2 amide bonds. The van der Waals surface area contributed by atoms with Gasteiger partial charge in [0.1, 0.15) is 5.82 Å². The van der Waals surface area contributed by atoms with E-state index in [0.717, 1.165) is 18.4 Å². The van der Waals surface area contributed by atoms with Gasteiger partial charge in [0.25, 0.3) is 5.91 Å². The zero-order valence-electron chi connectivity index (χ0n) is 18.6. The minimum atomic E-state index is -0.778. The summed E-state index contributed by atoms with van der Waals surface area (Å²) in [4.78, 5) is 29.6. The van der Waals surface area contributed by atoms with Crippen LogP contribution in [-0.4, -0.2) is 23.3 Å². The van der Waals surface area contributed by atoms with Crippen LogP contribution in [0.15, 0.2) is 67.0 Å². The molecule has 4 N–H and O–H groups in total. The first-order valence-electron chi connectivity index (χ1n) is 11.2. The number of carbonyl (C=O) groups excluding carboxylic acids is 2. The molecule has 6 nitrogen and oxygen atoms in total. The largest absolute Gasteiger partial charge is 0.353 e. The molecule has 1 aliphatic rings. The Bertz CT molecular complexity index is 1170. The van der Waals surface area contributed by atoms with Crippen molar-refractivity contribution in [1.29, 1.82) is 0 Å². The predicted octanol–water partition coefficient (Wildman–Crippen LogP) is 4.75. The summed E-state index contributed by atoms with van der Waals surface area (Å²) in [6, 6.07) is 14.1. The van der Waals surface area contributed by atoms with E-state index in [2.05, 4.69) is 15.6 Å². The van der Waals surface area contributed by atoms with Crippen LogP contribution >= 0.6 is 11.6 Å². The molecule has 34 heavy (non-hydrogen) atoms. The molecule has 1 atom stereocenters. The van der Waals surface area contributed by atoms with Crippen LogP contribution in [0.1, 0.15) is 53.2 Å². The van der Waals surface area contributed by atoms with E-state index in [4.69, 9.17) is 17.3 Å². The number of nitrogens with two attached hydrogens (primary N) is 1. The number of hydrogen-bond donors (Lipinski definition) is 3. The summed E-state index contributed by atoms with van der Waals surface area (Å²) in [7, 11) is 0. The lowest BCUT2D eigenvalue weighted by molar-refractivity contribution is -0.126. The predicted molar refractivity (Wildman–Crippen MR) is 130 cm³/mol. The van der Waals surface area contributed by atoms with Gasteiger partial charge in [-0.25, -0.2) is 4.39 Å².